The number of anilines is 1. The van der Waals surface area contributed by atoms with Crippen molar-refractivity contribution in [2.75, 3.05) is 5.32 Å². The molecule has 0 fully saturated rings. The molecule has 3 aromatic carbocycles. The van der Waals surface area contributed by atoms with Gasteiger partial charge in [-0.15, -0.1) is 0 Å². The van der Waals surface area contributed by atoms with Crippen LogP contribution >= 0.6 is 0 Å². The van der Waals surface area contributed by atoms with Crippen molar-refractivity contribution >= 4 is 17.5 Å². The van der Waals surface area contributed by atoms with Crippen molar-refractivity contribution in [1.82, 2.24) is 5.32 Å². The number of hydrogen-bond donors (Lipinski definition) is 2. The summed E-state index contributed by atoms with van der Waals surface area (Å²) >= 11 is 0. The van der Waals surface area contributed by atoms with Crippen molar-refractivity contribution in [3.05, 3.63) is 90.0 Å². The minimum Gasteiger partial charge on any atom is -0.455 e. The summed E-state index contributed by atoms with van der Waals surface area (Å²) in [5, 5.41) is 5.52. The van der Waals surface area contributed by atoms with Crippen LogP contribution in [0.25, 0.3) is 0 Å². The topological polar surface area (TPSA) is 67.4 Å². The van der Waals surface area contributed by atoms with E-state index in [1.54, 1.807) is 43.3 Å². The monoisotopic (exact) mass is 374 g/mol. The molecule has 3 rings (SSSR count). The molecular weight excluding hydrogens is 352 g/mol. The van der Waals surface area contributed by atoms with Crippen LogP contribution in [-0.2, 0) is 4.79 Å². The van der Waals surface area contributed by atoms with Gasteiger partial charge in [0.05, 0.1) is 5.69 Å². The molecule has 3 aromatic rings. The predicted molar refractivity (Wildman–Crippen MR) is 110 cm³/mol. The summed E-state index contributed by atoms with van der Waals surface area (Å²) < 4.78 is 5.89. The molecule has 0 heterocycles. The Morgan fingerprint density at radius 1 is 0.857 bits per heavy atom. The highest BCUT2D eigenvalue weighted by molar-refractivity contribution is 6.01. The van der Waals surface area contributed by atoms with Gasteiger partial charge in [0, 0.05) is 5.56 Å². The number of hydrogen-bond acceptors (Lipinski definition) is 3. The van der Waals surface area contributed by atoms with Gasteiger partial charge in [0.25, 0.3) is 5.91 Å². The fourth-order valence-corrected chi connectivity index (χ4v) is 2.57. The molecule has 2 N–H and O–H groups in total. The minimum atomic E-state index is -0.708. The first-order valence-corrected chi connectivity index (χ1v) is 9.03. The molecule has 5 heteroatoms. The average molecular weight is 374 g/mol. The smallest absolute Gasteiger partial charge is 0.251 e. The van der Waals surface area contributed by atoms with Gasteiger partial charge < -0.3 is 15.4 Å². The van der Waals surface area contributed by atoms with Crippen LogP contribution in [-0.4, -0.2) is 17.9 Å². The lowest BCUT2D eigenvalue weighted by Crippen LogP contribution is -2.41. The maximum absolute atomic E-state index is 12.5. The Balaban J connectivity index is 1.66. The fourth-order valence-electron chi connectivity index (χ4n) is 2.57. The van der Waals surface area contributed by atoms with Gasteiger partial charge in [-0.1, -0.05) is 48.0 Å². The first-order chi connectivity index (χ1) is 13.5. The van der Waals surface area contributed by atoms with E-state index in [0.717, 1.165) is 5.56 Å². The fraction of sp³-hybridized carbons (Fsp3) is 0.130. The summed E-state index contributed by atoms with van der Waals surface area (Å²) in [7, 11) is 0. The molecule has 1 unspecified atom stereocenters. The molecular formula is C23H22N2O3. The largest absolute Gasteiger partial charge is 0.455 e. The normalized spacial score (nSPS) is 11.4. The van der Waals surface area contributed by atoms with Crippen molar-refractivity contribution in [2.45, 2.75) is 19.9 Å². The predicted octanol–water partition coefficient (Wildman–Crippen LogP) is 4.54. The highest BCUT2D eigenvalue weighted by atomic mass is 16.5. The number of aryl methyl sites for hydroxylation is 1. The van der Waals surface area contributed by atoms with Gasteiger partial charge in [-0.3, -0.25) is 9.59 Å². The Morgan fingerprint density at radius 2 is 1.50 bits per heavy atom. The Morgan fingerprint density at radius 3 is 2.21 bits per heavy atom. The number of para-hydroxylation sites is 2. The summed E-state index contributed by atoms with van der Waals surface area (Å²) in [6.07, 6.45) is 0. The van der Waals surface area contributed by atoms with E-state index in [4.69, 9.17) is 4.74 Å². The van der Waals surface area contributed by atoms with Crippen LogP contribution < -0.4 is 15.4 Å². The Bertz CT molecular complexity index is 953. The first kappa shape index (κ1) is 19.2. The molecule has 0 aliphatic carbocycles. The average Bonchev–Trinajstić information content (AvgIpc) is 2.71. The van der Waals surface area contributed by atoms with Gasteiger partial charge in [0.15, 0.2) is 5.75 Å². The third kappa shape index (κ3) is 4.98. The highest BCUT2D eigenvalue weighted by Crippen LogP contribution is 2.29. The lowest BCUT2D eigenvalue weighted by Gasteiger charge is -2.16. The van der Waals surface area contributed by atoms with Crippen LogP contribution in [0.4, 0.5) is 5.69 Å². The summed E-state index contributed by atoms with van der Waals surface area (Å²) in [6, 6.07) is 22.9. The van der Waals surface area contributed by atoms with Crippen molar-refractivity contribution in [3.8, 4) is 11.5 Å². The molecule has 0 spiro atoms. The zero-order valence-electron chi connectivity index (χ0n) is 15.8. The molecule has 0 aliphatic heterocycles. The second kappa shape index (κ2) is 8.86. The number of nitrogens with one attached hydrogen (secondary N) is 2. The quantitative estimate of drug-likeness (QED) is 0.665. The zero-order chi connectivity index (χ0) is 19.9. The third-order valence-corrected chi connectivity index (χ3v) is 4.17. The molecule has 0 aromatic heterocycles. The summed E-state index contributed by atoms with van der Waals surface area (Å²) in [5.74, 6) is 0.579. The van der Waals surface area contributed by atoms with Gasteiger partial charge in [0.1, 0.15) is 11.8 Å². The highest BCUT2D eigenvalue weighted by Gasteiger charge is 2.18. The van der Waals surface area contributed by atoms with E-state index in [0.29, 0.717) is 22.7 Å². The third-order valence-electron chi connectivity index (χ3n) is 4.17. The van der Waals surface area contributed by atoms with Crippen molar-refractivity contribution in [3.63, 3.8) is 0 Å². The van der Waals surface area contributed by atoms with Crippen LogP contribution in [0, 0.1) is 6.92 Å². The van der Waals surface area contributed by atoms with Gasteiger partial charge in [-0.05, 0) is 50.2 Å². The second-order valence-corrected chi connectivity index (χ2v) is 6.46. The number of amides is 2. The molecule has 1 atom stereocenters. The number of benzene rings is 3. The molecule has 0 saturated carbocycles. The van der Waals surface area contributed by atoms with Crippen LogP contribution in [0.5, 0.6) is 11.5 Å². The van der Waals surface area contributed by atoms with Gasteiger partial charge in [0.2, 0.25) is 5.91 Å². The lowest BCUT2D eigenvalue weighted by atomic mass is 10.2. The molecule has 0 aliphatic rings. The SMILES string of the molecule is Cc1ccc(Oc2ccccc2NC(=O)C(C)NC(=O)c2ccccc2)cc1. The van der Waals surface area contributed by atoms with Crippen LogP contribution in [0.2, 0.25) is 0 Å². The first-order valence-electron chi connectivity index (χ1n) is 9.03. The van der Waals surface area contributed by atoms with E-state index in [9.17, 15) is 9.59 Å². The molecule has 28 heavy (non-hydrogen) atoms. The molecule has 0 radical (unpaired) electrons. The maximum atomic E-state index is 12.5. The van der Waals surface area contributed by atoms with E-state index in [-0.39, 0.29) is 11.8 Å². The molecule has 142 valence electrons. The van der Waals surface area contributed by atoms with Gasteiger partial charge >= 0.3 is 0 Å². The lowest BCUT2D eigenvalue weighted by molar-refractivity contribution is -0.117. The molecule has 2 amide bonds. The summed E-state index contributed by atoms with van der Waals surface area (Å²) in [4.78, 5) is 24.8. The van der Waals surface area contributed by atoms with E-state index in [1.807, 2.05) is 49.4 Å². The summed E-state index contributed by atoms with van der Waals surface area (Å²) in [6.45, 7) is 3.64. The van der Waals surface area contributed by atoms with E-state index >= 15 is 0 Å². The molecule has 0 bridgehead atoms. The van der Waals surface area contributed by atoms with Crippen LogP contribution in [0.1, 0.15) is 22.8 Å². The van der Waals surface area contributed by atoms with E-state index < -0.39 is 6.04 Å². The minimum absolute atomic E-state index is 0.299. The Labute approximate surface area is 164 Å². The molecule has 5 nitrogen and oxygen atoms in total. The van der Waals surface area contributed by atoms with Gasteiger partial charge in [-0.25, -0.2) is 0 Å². The number of carbonyl (C=O) groups is 2. The van der Waals surface area contributed by atoms with Crippen molar-refractivity contribution in [2.24, 2.45) is 0 Å². The Hall–Kier alpha value is -3.60. The maximum Gasteiger partial charge on any atom is 0.251 e. The second-order valence-electron chi connectivity index (χ2n) is 6.46. The van der Waals surface area contributed by atoms with Crippen molar-refractivity contribution < 1.29 is 14.3 Å². The molecule has 0 saturated heterocycles. The van der Waals surface area contributed by atoms with Gasteiger partial charge in [-0.2, -0.15) is 0 Å². The summed E-state index contributed by atoms with van der Waals surface area (Å²) in [5.41, 5.74) is 2.18. The van der Waals surface area contributed by atoms with E-state index in [2.05, 4.69) is 10.6 Å². The number of ether oxygens (including phenoxy) is 1. The number of carbonyl (C=O) groups excluding carboxylic acids is 2. The Kier molecular flexibility index (Phi) is 6.07. The van der Waals surface area contributed by atoms with Crippen LogP contribution in [0.15, 0.2) is 78.9 Å². The van der Waals surface area contributed by atoms with Crippen molar-refractivity contribution in [1.29, 1.82) is 0 Å². The number of rotatable bonds is 6. The standard InChI is InChI=1S/C23H22N2O3/c1-16-12-14-19(15-13-16)28-21-11-7-6-10-20(21)25-22(26)17(2)24-23(27)18-8-4-3-5-9-18/h3-15,17H,1-2H3,(H,24,27)(H,25,26). The van der Waals surface area contributed by atoms with E-state index in [1.165, 1.54) is 0 Å². The zero-order valence-corrected chi connectivity index (χ0v) is 15.8. The van der Waals surface area contributed by atoms with Crippen LogP contribution in [0.3, 0.4) is 0 Å².